The van der Waals surface area contributed by atoms with Crippen molar-refractivity contribution in [1.29, 1.82) is 5.26 Å². The Balaban J connectivity index is 1.57. The van der Waals surface area contributed by atoms with Gasteiger partial charge in [-0.2, -0.15) is 5.26 Å². The summed E-state index contributed by atoms with van der Waals surface area (Å²) in [6, 6.07) is 12.1. The van der Waals surface area contributed by atoms with Crippen LogP contribution in [0.4, 0.5) is 5.82 Å². The summed E-state index contributed by atoms with van der Waals surface area (Å²) in [5, 5.41) is 12.2. The fraction of sp³-hybridized carbons (Fsp3) is 0.312. The molecule has 3 N–H and O–H groups in total. The molecule has 0 aliphatic carbocycles. The Hall–Kier alpha value is -2.47. The molecule has 24 heavy (non-hydrogen) atoms. The fourth-order valence-electron chi connectivity index (χ4n) is 2.56. The van der Waals surface area contributed by atoms with E-state index < -0.39 is 7.25 Å². The zero-order valence-electron chi connectivity index (χ0n) is 13.3. The zero-order valence-corrected chi connectivity index (χ0v) is 13.3. The van der Waals surface area contributed by atoms with Crippen molar-refractivity contribution in [1.82, 2.24) is 15.2 Å². The first-order valence-electron chi connectivity index (χ1n) is 7.78. The molecule has 1 aromatic heterocycles. The topological polar surface area (TPSA) is 106 Å². The van der Waals surface area contributed by atoms with E-state index in [9.17, 15) is 0 Å². The van der Waals surface area contributed by atoms with E-state index in [1.807, 2.05) is 31.2 Å². The number of aromatic nitrogens is 2. The molecule has 0 saturated carbocycles. The van der Waals surface area contributed by atoms with Gasteiger partial charge in [0.05, 0.1) is 18.0 Å². The van der Waals surface area contributed by atoms with E-state index in [1.54, 1.807) is 0 Å². The van der Waals surface area contributed by atoms with Crippen LogP contribution in [-0.2, 0) is 15.7 Å². The van der Waals surface area contributed by atoms with Crippen molar-refractivity contribution in [2.75, 3.05) is 12.3 Å². The molecule has 7 nitrogen and oxygen atoms in total. The van der Waals surface area contributed by atoms with Crippen LogP contribution in [0, 0.1) is 11.3 Å². The van der Waals surface area contributed by atoms with Crippen molar-refractivity contribution in [3.63, 3.8) is 0 Å². The van der Waals surface area contributed by atoms with E-state index >= 15 is 0 Å². The smallest absolute Gasteiger partial charge is 0.392 e. The second-order valence-electron chi connectivity index (χ2n) is 5.56. The van der Waals surface area contributed by atoms with Crippen molar-refractivity contribution in [2.45, 2.75) is 25.6 Å². The molecule has 1 aliphatic rings. The lowest BCUT2D eigenvalue weighted by Gasteiger charge is -2.13. The van der Waals surface area contributed by atoms with Gasteiger partial charge >= 0.3 is 7.25 Å². The molecule has 2 aromatic rings. The van der Waals surface area contributed by atoms with Crippen LogP contribution in [0.25, 0.3) is 0 Å². The number of nitriles is 1. The first-order valence-corrected chi connectivity index (χ1v) is 7.78. The fourth-order valence-corrected chi connectivity index (χ4v) is 2.56. The van der Waals surface area contributed by atoms with E-state index in [0.717, 1.165) is 13.0 Å². The highest BCUT2D eigenvalue weighted by Gasteiger charge is 2.39. The molecule has 0 amide bonds. The molecule has 0 bridgehead atoms. The second kappa shape index (κ2) is 7.40. The predicted molar refractivity (Wildman–Crippen MR) is 89.4 cm³/mol. The Kier molecular flexibility index (Phi) is 5.06. The van der Waals surface area contributed by atoms with Gasteiger partial charge in [-0.15, -0.1) is 0 Å². The maximum atomic E-state index is 9.01. The van der Waals surface area contributed by atoms with Gasteiger partial charge in [0, 0.05) is 0 Å². The molecule has 8 heteroatoms. The van der Waals surface area contributed by atoms with Crippen molar-refractivity contribution >= 4 is 13.1 Å². The Labute approximate surface area is 141 Å². The van der Waals surface area contributed by atoms with Gasteiger partial charge in [0.25, 0.3) is 0 Å². The average molecular weight is 323 g/mol. The van der Waals surface area contributed by atoms with E-state index in [-0.39, 0.29) is 23.7 Å². The number of hydrogen-bond donors (Lipinski definition) is 2. The minimum absolute atomic E-state index is 0.101. The van der Waals surface area contributed by atoms with Crippen molar-refractivity contribution < 1.29 is 9.31 Å². The van der Waals surface area contributed by atoms with Gasteiger partial charge in [-0.1, -0.05) is 30.3 Å². The molecular weight excluding hydrogens is 305 g/mol. The molecule has 3 rings (SSSR count). The van der Waals surface area contributed by atoms with E-state index in [1.165, 1.54) is 11.8 Å². The van der Waals surface area contributed by atoms with Crippen LogP contribution in [-0.4, -0.2) is 29.9 Å². The largest absolute Gasteiger partial charge is 0.555 e. The SMILES string of the molecule is CC1OB(NCCc2ccccc2)OC1c1cnc(N)c(C#N)n1. The van der Waals surface area contributed by atoms with E-state index in [2.05, 4.69) is 27.3 Å². The molecule has 1 aromatic carbocycles. The van der Waals surface area contributed by atoms with Crippen LogP contribution in [0.2, 0.25) is 0 Å². The number of nitrogens with two attached hydrogens (primary N) is 1. The summed E-state index contributed by atoms with van der Waals surface area (Å²) in [6.07, 6.45) is 1.80. The lowest BCUT2D eigenvalue weighted by Crippen LogP contribution is -2.37. The normalized spacial score (nSPS) is 20.1. The number of anilines is 1. The van der Waals surface area contributed by atoms with Crippen LogP contribution in [0.3, 0.4) is 0 Å². The molecule has 122 valence electrons. The van der Waals surface area contributed by atoms with Crippen LogP contribution in [0.1, 0.15) is 30.0 Å². The first kappa shape index (κ1) is 16.4. The number of rotatable bonds is 5. The molecule has 1 fully saturated rings. The maximum Gasteiger partial charge on any atom is 0.555 e. The molecule has 2 atom stereocenters. The molecule has 1 saturated heterocycles. The molecule has 2 heterocycles. The minimum Gasteiger partial charge on any atom is -0.392 e. The quantitative estimate of drug-likeness (QED) is 0.797. The minimum atomic E-state index is -0.515. The summed E-state index contributed by atoms with van der Waals surface area (Å²) in [7, 11) is -0.515. The Morgan fingerprint density at radius 3 is 2.88 bits per heavy atom. The summed E-state index contributed by atoms with van der Waals surface area (Å²) in [5.74, 6) is 0.116. The molecule has 1 aliphatic heterocycles. The highest BCUT2D eigenvalue weighted by atomic mass is 16.7. The first-order chi connectivity index (χ1) is 11.7. The third-order valence-corrected chi connectivity index (χ3v) is 3.82. The number of nitrogens with one attached hydrogen (secondary N) is 1. The monoisotopic (exact) mass is 323 g/mol. The Morgan fingerprint density at radius 1 is 1.33 bits per heavy atom. The van der Waals surface area contributed by atoms with Crippen LogP contribution >= 0.6 is 0 Å². The summed E-state index contributed by atoms with van der Waals surface area (Å²) in [4.78, 5) is 8.20. The van der Waals surface area contributed by atoms with Gasteiger partial charge in [0.1, 0.15) is 12.2 Å². The highest BCUT2D eigenvalue weighted by Crippen LogP contribution is 2.28. The van der Waals surface area contributed by atoms with Gasteiger partial charge in [-0.25, -0.2) is 9.97 Å². The Morgan fingerprint density at radius 2 is 2.12 bits per heavy atom. The molecule has 0 radical (unpaired) electrons. The lowest BCUT2D eigenvalue weighted by molar-refractivity contribution is 0.168. The number of nitrogen functional groups attached to an aromatic ring is 1. The summed E-state index contributed by atoms with van der Waals surface area (Å²) in [6.45, 7) is 2.62. The predicted octanol–water partition coefficient (Wildman–Crippen LogP) is 1.22. The van der Waals surface area contributed by atoms with Crippen molar-refractivity contribution in [3.8, 4) is 6.07 Å². The van der Waals surface area contributed by atoms with E-state index in [4.69, 9.17) is 20.3 Å². The summed E-state index contributed by atoms with van der Waals surface area (Å²) < 4.78 is 11.6. The van der Waals surface area contributed by atoms with Crippen LogP contribution < -0.4 is 11.0 Å². The molecular formula is C16H18BN5O2. The van der Waals surface area contributed by atoms with Gasteiger partial charge in [0.2, 0.25) is 0 Å². The third-order valence-electron chi connectivity index (χ3n) is 3.82. The number of benzene rings is 1. The second-order valence-corrected chi connectivity index (χ2v) is 5.56. The highest BCUT2D eigenvalue weighted by molar-refractivity contribution is 6.42. The van der Waals surface area contributed by atoms with Gasteiger partial charge < -0.3 is 20.3 Å². The molecule has 2 unspecified atom stereocenters. The summed E-state index contributed by atoms with van der Waals surface area (Å²) >= 11 is 0. The molecule has 0 spiro atoms. The third kappa shape index (κ3) is 3.71. The van der Waals surface area contributed by atoms with Gasteiger partial charge in [-0.3, -0.25) is 0 Å². The lowest BCUT2D eigenvalue weighted by atomic mass is 10.1. The van der Waals surface area contributed by atoms with Crippen LogP contribution in [0.5, 0.6) is 0 Å². The van der Waals surface area contributed by atoms with E-state index in [0.29, 0.717) is 5.69 Å². The summed E-state index contributed by atoms with van der Waals surface area (Å²) in [5.41, 5.74) is 7.49. The number of hydrogen-bond acceptors (Lipinski definition) is 7. The maximum absolute atomic E-state index is 9.01. The van der Waals surface area contributed by atoms with Crippen molar-refractivity contribution in [3.05, 3.63) is 53.5 Å². The van der Waals surface area contributed by atoms with Crippen LogP contribution in [0.15, 0.2) is 36.5 Å². The van der Waals surface area contributed by atoms with Crippen molar-refractivity contribution in [2.24, 2.45) is 0 Å². The van der Waals surface area contributed by atoms with Gasteiger partial charge in [-0.05, 0) is 25.5 Å². The average Bonchev–Trinajstić information content (AvgIpc) is 2.97. The standard InChI is InChI=1S/C16H18BN5O2/c1-11-15(14-10-20-16(19)13(9-18)22-14)24-17(23-11)21-8-7-12-5-3-2-4-6-12/h2-6,10-11,15,21H,7-8H2,1H3,(H2,19,20). The zero-order chi connectivity index (χ0) is 16.9. The Bertz CT molecular complexity index is 737. The van der Waals surface area contributed by atoms with Gasteiger partial charge in [0.15, 0.2) is 11.5 Å². The number of nitrogens with zero attached hydrogens (tertiary/aromatic N) is 3.